The zero-order valence-corrected chi connectivity index (χ0v) is 24.0. The number of fused-ring (bicyclic) bond motifs is 2. The number of nitriles is 1. The number of anilines is 1. The van der Waals surface area contributed by atoms with E-state index in [1.54, 1.807) is 49.5 Å². The number of hydrogen-bond acceptors (Lipinski definition) is 8. The van der Waals surface area contributed by atoms with E-state index in [4.69, 9.17) is 14.9 Å². The van der Waals surface area contributed by atoms with Crippen molar-refractivity contribution in [3.05, 3.63) is 92.1 Å². The number of Topliss-reactive ketones (excluding diaryl/α,β-unsaturated/α-hetero) is 1. The zero-order chi connectivity index (χ0) is 32.5. The molecule has 2 saturated heterocycles. The number of alkyl halides is 3. The summed E-state index contributed by atoms with van der Waals surface area (Å²) in [5.41, 5.74) is 1.02. The number of aliphatic carboxylic acids is 1. The Morgan fingerprint density at radius 2 is 1.73 bits per heavy atom. The zero-order valence-electron chi connectivity index (χ0n) is 24.0. The first kappa shape index (κ1) is 31.2. The lowest BCUT2D eigenvalue weighted by Gasteiger charge is -2.25. The second-order valence-corrected chi connectivity index (χ2v) is 10.7. The first-order chi connectivity index (χ1) is 21.4. The molecule has 2 aliphatic rings. The average Bonchev–Trinajstić information content (AvgIpc) is 3.74. The molecule has 2 fully saturated rings. The maximum Gasteiger partial charge on any atom is 0.490 e. The predicted molar refractivity (Wildman–Crippen MR) is 156 cm³/mol. The van der Waals surface area contributed by atoms with Gasteiger partial charge in [-0.25, -0.2) is 9.59 Å². The van der Waals surface area contributed by atoms with Crippen LogP contribution in [-0.2, 0) is 24.9 Å². The van der Waals surface area contributed by atoms with E-state index in [1.807, 2.05) is 16.7 Å². The number of halogens is 3. The Bertz CT molecular complexity index is 1920. The number of imidazole rings is 1. The number of carboxylic acid groups (broad SMARTS) is 1. The first-order valence-electron chi connectivity index (χ1n) is 14.0. The monoisotopic (exact) mass is 623 g/mol. The van der Waals surface area contributed by atoms with E-state index in [-0.39, 0.29) is 36.1 Å². The summed E-state index contributed by atoms with van der Waals surface area (Å²) in [6, 6.07) is 18.3. The number of ketones is 1. The number of rotatable bonds is 6. The smallest absolute Gasteiger partial charge is 0.475 e. The fraction of sp³-hybridized carbons (Fsp3) is 0.333. The summed E-state index contributed by atoms with van der Waals surface area (Å²) in [6.07, 6.45) is -4.08. The largest absolute Gasteiger partial charge is 0.490 e. The van der Waals surface area contributed by atoms with E-state index in [0.29, 0.717) is 23.0 Å². The summed E-state index contributed by atoms with van der Waals surface area (Å²) >= 11 is 0. The molecule has 2 N–H and O–H groups in total. The van der Waals surface area contributed by atoms with Crippen LogP contribution in [0.5, 0.6) is 0 Å². The molecule has 15 heteroatoms. The number of aryl methyl sites for hydroxylation is 1. The molecule has 6 rings (SSSR count). The van der Waals surface area contributed by atoms with Crippen molar-refractivity contribution >= 4 is 28.9 Å². The molecule has 2 atom stereocenters. The highest BCUT2D eigenvalue weighted by Crippen LogP contribution is 2.33. The summed E-state index contributed by atoms with van der Waals surface area (Å²) in [6.45, 7) is 2.40. The Kier molecular flexibility index (Phi) is 8.60. The van der Waals surface area contributed by atoms with Gasteiger partial charge in [-0.15, -0.1) is 0 Å². The van der Waals surface area contributed by atoms with Crippen LogP contribution in [0.2, 0.25) is 0 Å². The van der Waals surface area contributed by atoms with Crippen molar-refractivity contribution < 1.29 is 27.9 Å². The second-order valence-electron chi connectivity index (χ2n) is 10.7. The third-order valence-corrected chi connectivity index (χ3v) is 8.02. The van der Waals surface area contributed by atoms with E-state index in [9.17, 15) is 32.8 Å². The molecule has 0 aliphatic carbocycles. The molecule has 0 bridgehead atoms. The number of carboxylic acids is 1. The van der Waals surface area contributed by atoms with Gasteiger partial charge in [-0.2, -0.15) is 23.4 Å². The molecule has 2 aromatic heterocycles. The second kappa shape index (κ2) is 12.4. The molecule has 0 amide bonds. The van der Waals surface area contributed by atoms with Crippen molar-refractivity contribution in [1.82, 2.24) is 24.0 Å². The highest BCUT2D eigenvalue weighted by Gasteiger charge is 2.40. The first-order valence-corrected chi connectivity index (χ1v) is 14.0. The van der Waals surface area contributed by atoms with E-state index >= 15 is 0 Å². The molecule has 4 aromatic rings. The Morgan fingerprint density at radius 1 is 1.07 bits per heavy atom. The van der Waals surface area contributed by atoms with Crippen LogP contribution in [0.1, 0.15) is 27.9 Å². The maximum atomic E-state index is 13.9. The van der Waals surface area contributed by atoms with Gasteiger partial charge in [0, 0.05) is 38.3 Å². The van der Waals surface area contributed by atoms with E-state index in [0.717, 1.165) is 36.2 Å². The summed E-state index contributed by atoms with van der Waals surface area (Å²) in [7, 11) is 1.57. The van der Waals surface area contributed by atoms with Crippen molar-refractivity contribution in [2.45, 2.75) is 31.7 Å². The molecular formula is C30H28F3N7O5. The fourth-order valence-corrected chi connectivity index (χ4v) is 5.76. The molecule has 0 radical (unpaired) electrons. The molecule has 12 nitrogen and oxygen atoms in total. The van der Waals surface area contributed by atoms with Crippen LogP contribution in [0.25, 0.3) is 11.2 Å². The Hall–Kier alpha value is -5.23. The topological polar surface area (TPSA) is 155 Å². The molecule has 2 unspecified atom stereocenters. The van der Waals surface area contributed by atoms with Crippen molar-refractivity contribution in [2.75, 3.05) is 24.5 Å². The molecule has 0 spiro atoms. The lowest BCUT2D eigenvalue weighted by Crippen LogP contribution is -2.41. The lowest BCUT2D eigenvalue weighted by atomic mass is 10.1. The predicted octanol–water partition coefficient (Wildman–Crippen LogP) is 2.13. The van der Waals surface area contributed by atoms with Gasteiger partial charge in [0.2, 0.25) is 5.95 Å². The van der Waals surface area contributed by atoms with Crippen molar-refractivity contribution in [1.29, 1.82) is 5.26 Å². The number of nitrogens with one attached hydrogen (secondary N) is 1. The van der Waals surface area contributed by atoms with Crippen LogP contribution in [-0.4, -0.2) is 67.4 Å². The summed E-state index contributed by atoms with van der Waals surface area (Å²) in [5, 5.41) is 20.3. The number of hydrogen-bond donors (Lipinski definition) is 2. The molecule has 0 saturated carbocycles. The SMILES string of the molecule is Cn1c(=O)n(CC(=O)c2ccccc2)c(=O)c2c1nc(N1CCC3CNCC31)n2Cc1ccccc1C#N.O=C(O)C(F)(F)F. The summed E-state index contributed by atoms with van der Waals surface area (Å²) in [5.74, 6) is -2.00. The molecular weight excluding hydrogens is 595 g/mol. The molecule has 234 valence electrons. The minimum absolute atomic E-state index is 0.232. The van der Waals surface area contributed by atoms with Crippen LogP contribution < -0.4 is 21.5 Å². The van der Waals surface area contributed by atoms with Crippen molar-refractivity contribution in [3.63, 3.8) is 0 Å². The van der Waals surface area contributed by atoms with Gasteiger partial charge in [0.05, 0.1) is 24.7 Å². The number of nitrogens with zero attached hydrogens (tertiary/aromatic N) is 6. The molecule has 2 aromatic carbocycles. The van der Waals surface area contributed by atoms with E-state index in [1.165, 1.54) is 4.57 Å². The van der Waals surface area contributed by atoms with Crippen molar-refractivity contribution in [3.8, 4) is 6.07 Å². The lowest BCUT2D eigenvalue weighted by molar-refractivity contribution is -0.192. The van der Waals surface area contributed by atoms with Gasteiger partial charge < -0.3 is 15.3 Å². The number of benzene rings is 2. The van der Waals surface area contributed by atoms with Crippen molar-refractivity contribution in [2.24, 2.45) is 13.0 Å². The van der Waals surface area contributed by atoms with Gasteiger partial charge in [-0.1, -0.05) is 48.5 Å². The molecule has 4 heterocycles. The standard InChI is InChI=1S/C28H27N7O3.C2HF3O2/c1-32-25-24(26(37)35(28(32)38)17-23(36)18-7-3-2-4-8-18)34(16-21-10-6-5-9-19(21)13-29)27(31-25)33-12-11-20-14-30-15-22(20)33;3-2(4,5)1(6)7/h2-10,20,22,30H,11-12,14-17H2,1H3;(H,6,7). The average molecular weight is 624 g/mol. The van der Waals surface area contributed by atoms with Gasteiger partial charge in [-0.05, 0) is 24.0 Å². The van der Waals surface area contributed by atoms with E-state index in [2.05, 4.69) is 16.3 Å². The van der Waals surface area contributed by atoms with Gasteiger partial charge in [0.25, 0.3) is 5.56 Å². The van der Waals surface area contributed by atoms with Crippen LogP contribution in [0.3, 0.4) is 0 Å². The third-order valence-electron chi connectivity index (χ3n) is 8.02. The Morgan fingerprint density at radius 3 is 2.40 bits per heavy atom. The van der Waals surface area contributed by atoms with Gasteiger partial charge in [-0.3, -0.25) is 23.3 Å². The summed E-state index contributed by atoms with van der Waals surface area (Å²) < 4.78 is 35.9. The number of carbonyl (C=O) groups is 2. The van der Waals surface area contributed by atoms with Gasteiger partial charge in [0.15, 0.2) is 16.9 Å². The highest BCUT2D eigenvalue weighted by atomic mass is 19.4. The van der Waals surface area contributed by atoms with Gasteiger partial charge in [0.1, 0.15) is 0 Å². The quantitative estimate of drug-likeness (QED) is 0.307. The molecule has 2 aliphatic heterocycles. The number of carbonyl (C=O) groups excluding carboxylic acids is 1. The van der Waals surface area contributed by atoms with Crippen LogP contribution in [0.4, 0.5) is 19.1 Å². The summed E-state index contributed by atoms with van der Waals surface area (Å²) in [4.78, 5) is 56.2. The van der Waals surface area contributed by atoms with Crippen LogP contribution in [0.15, 0.2) is 64.2 Å². The Labute approximate surface area is 253 Å². The fourth-order valence-electron chi connectivity index (χ4n) is 5.76. The van der Waals surface area contributed by atoms with E-state index < -0.39 is 23.4 Å². The Balaban J connectivity index is 0.000000515. The minimum atomic E-state index is -5.08. The normalized spacial score (nSPS) is 17.4. The van der Waals surface area contributed by atoms with Crippen LogP contribution >= 0.6 is 0 Å². The van der Waals surface area contributed by atoms with Crippen LogP contribution in [0, 0.1) is 17.2 Å². The number of aromatic nitrogens is 4. The maximum absolute atomic E-state index is 13.9. The van der Waals surface area contributed by atoms with Gasteiger partial charge >= 0.3 is 17.8 Å². The highest BCUT2D eigenvalue weighted by molar-refractivity contribution is 5.96. The minimum Gasteiger partial charge on any atom is -0.475 e. The third kappa shape index (κ3) is 6.09. The molecule has 45 heavy (non-hydrogen) atoms.